The van der Waals surface area contributed by atoms with E-state index >= 15 is 0 Å². The van der Waals surface area contributed by atoms with Gasteiger partial charge in [-0.15, -0.1) is 0 Å². The fourth-order valence-electron chi connectivity index (χ4n) is 1.31. The molecule has 1 aliphatic rings. The first kappa shape index (κ1) is 8.83. The van der Waals surface area contributed by atoms with Crippen LogP contribution in [-0.2, 0) is 9.53 Å². The minimum Gasteiger partial charge on any atom is -0.449 e. The summed E-state index contributed by atoms with van der Waals surface area (Å²) in [4.78, 5) is 10.8. The monoisotopic (exact) mass is 186 g/mol. The maximum atomic E-state index is 10.8. The van der Waals surface area contributed by atoms with E-state index in [9.17, 15) is 4.79 Å². The number of cyclic esters (lactones) is 1. The number of carbonyl (C=O) groups is 1. The van der Waals surface area contributed by atoms with Gasteiger partial charge >= 0.3 is 5.97 Å². The van der Waals surface area contributed by atoms with E-state index in [4.69, 9.17) is 4.74 Å². The van der Waals surface area contributed by atoms with E-state index in [1.807, 2.05) is 30.3 Å². The molecule has 2 nitrogen and oxygen atoms in total. The lowest BCUT2D eigenvalue weighted by molar-refractivity contribution is -0.139. The third kappa shape index (κ3) is 2.14. The topological polar surface area (TPSA) is 26.3 Å². The van der Waals surface area contributed by atoms with Crippen LogP contribution < -0.4 is 0 Å². The van der Waals surface area contributed by atoms with Crippen molar-refractivity contribution in [3.05, 3.63) is 35.9 Å². The lowest BCUT2D eigenvalue weighted by atomic mass is 10.2. The highest BCUT2D eigenvalue weighted by Gasteiger charge is 2.20. The quantitative estimate of drug-likeness (QED) is 0.455. The van der Waals surface area contributed by atoms with Crippen molar-refractivity contribution in [1.82, 2.24) is 0 Å². The molecule has 1 aromatic rings. The molecule has 1 aromatic carbocycles. The fraction of sp³-hybridized carbons (Fsp3) is 0.250. The zero-order valence-electron chi connectivity index (χ0n) is 7.69. The smallest absolute Gasteiger partial charge is 0.307 e. The minimum atomic E-state index is -0.206. The zero-order chi connectivity index (χ0) is 9.80. The second-order valence-electron chi connectivity index (χ2n) is 3.15. The van der Waals surface area contributed by atoms with Gasteiger partial charge in [0, 0.05) is 12.0 Å². The molecule has 0 aromatic heterocycles. The molecule has 1 fully saturated rings. The maximum absolute atomic E-state index is 10.8. The van der Waals surface area contributed by atoms with E-state index < -0.39 is 0 Å². The van der Waals surface area contributed by atoms with Crippen LogP contribution in [0.4, 0.5) is 0 Å². The summed E-state index contributed by atoms with van der Waals surface area (Å²) in [6.07, 6.45) is 1.01. The molecule has 1 heterocycles. The highest BCUT2D eigenvalue weighted by Crippen LogP contribution is 2.12. The van der Waals surface area contributed by atoms with Gasteiger partial charge in [-0.05, 0) is 12.1 Å². The summed E-state index contributed by atoms with van der Waals surface area (Å²) in [5.74, 6) is 5.77. The molecule has 0 unspecified atom stereocenters. The van der Waals surface area contributed by atoms with Gasteiger partial charge in [0.15, 0.2) is 6.10 Å². The van der Waals surface area contributed by atoms with Gasteiger partial charge in [0.25, 0.3) is 0 Å². The van der Waals surface area contributed by atoms with Gasteiger partial charge in [0.05, 0.1) is 6.42 Å². The van der Waals surface area contributed by atoms with Crippen LogP contribution in [0, 0.1) is 11.8 Å². The van der Waals surface area contributed by atoms with Gasteiger partial charge in [-0.25, -0.2) is 0 Å². The lowest BCUT2D eigenvalue weighted by Gasteiger charge is -1.97. The van der Waals surface area contributed by atoms with Crippen LogP contribution in [0.15, 0.2) is 30.3 Å². The van der Waals surface area contributed by atoms with Gasteiger partial charge in [0.2, 0.25) is 0 Å². The summed E-state index contributed by atoms with van der Waals surface area (Å²) >= 11 is 0. The first-order chi connectivity index (χ1) is 6.84. The van der Waals surface area contributed by atoms with Crippen LogP contribution in [-0.4, -0.2) is 12.1 Å². The van der Waals surface area contributed by atoms with E-state index in [1.165, 1.54) is 0 Å². The van der Waals surface area contributed by atoms with Crippen molar-refractivity contribution in [3.8, 4) is 11.8 Å². The van der Waals surface area contributed by atoms with Crippen molar-refractivity contribution in [1.29, 1.82) is 0 Å². The molecule has 0 bridgehead atoms. The van der Waals surface area contributed by atoms with Gasteiger partial charge in [-0.1, -0.05) is 30.0 Å². The Balaban J connectivity index is 2.04. The second-order valence-corrected chi connectivity index (χ2v) is 3.15. The van der Waals surface area contributed by atoms with Gasteiger partial charge in [-0.3, -0.25) is 4.79 Å². The molecular weight excluding hydrogens is 176 g/mol. The number of esters is 1. The van der Waals surface area contributed by atoms with E-state index in [-0.39, 0.29) is 12.1 Å². The Labute approximate surface area is 82.9 Å². The molecular formula is C12H10O2. The van der Waals surface area contributed by atoms with Crippen molar-refractivity contribution in [3.63, 3.8) is 0 Å². The summed E-state index contributed by atoms with van der Waals surface area (Å²) in [6.45, 7) is 0. The molecule has 0 radical (unpaired) electrons. The highest BCUT2D eigenvalue weighted by molar-refractivity contribution is 5.72. The average Bonchev–Trinajstić information content (AvgIpc) is 2.63. The third-order valence-electron chi connectivity index (χ3n) is 2.04. The van der Waals surface area contributed by atoms with Crippen molar-refractivity contribution < 1.29 is 9.53 Å². The van der Waals surface area contributed by atoms with Crippen molar-refractivity contribution in [2.45, 2.75) is 18.9 Å². The van der Waals surface area contributed by atoms with Crippen LogP contribution in [0.2, 0.25) is 0 Å². The second kappa shape index (κ2) is 3.97. The van der Waals surface area contributed by atoms with Crippen LogP contribution in [0.1, 0.15) is 18.4 Å². The van der Waals surface area contributed by atoms with Gasteiger partial charge in [-0.2, -0.15) is 0 Å². The maximum Gasteiger partial charge on any atom is 0.307 e. The molecule has 0 spiro atoms. The van der Waals surface area contributed by atoms with Crippen LogP contribution >= 0.6 is 0 Å². The Kier molecular flexibility index (Phi) is 2.51. The molecule has 2 rings (SSSR count). The Bertz CT molecular complexity index is 384. The first-order valence-corrected chi connectivity index (χ1v) is 4.61. The Hall–Kier alpha value is -1.75. The summed E-state index contributed by atoms with van der Waals surface area (Å²) in [5.41, 5.74) is 0.954. The summed E-state index contributed by atoms with van der Waals surface area (Å²) in [7, 11) is 0. The van der Waals surface area contributed by atoms with Crippen LogP contribution in [0.25, 0.3) is 0 Å². The molecule has 0 amide bonds. The molecule has 0 aliphatic carbocycles. The third-order valence-corrected chi connectivity index (χ3v) is 2.04. The number of benzene rings is 1. The van der Waals surface area contributed by atoms with E-state index in [2.05, 4.69) is 11.8 Å². The number of rotatable bonds is 0. The predicted octanol–water partition coefficient (Wildman–Crippen LogP) is 1.74. The summed E-state index contributed by atoms with van der Waals surface area (Å²) in [5, 5.41) is 0. The normalized spacial score (nSPS) is 19.7. The van der Waals surface area contributed by atoms with Crippen molar-refractivity contribution in [2.75, 3.05) is 0 Å². The standard InChI is InChI=1S/C12H10O2/c13-12-9-8-11(14-12)7-6-10-4-2-1-3-5-10/h1-5,11H,8-9H2/t11-/m1/s1. The van der Waals surface area contributed by atoms with Gasteiger partial charge in [0.1, 0.15) is 0 Å². The largest absolute Gasteiger partial charge is 0.449 e. The van der Waals surface area contributed by atoms with Crippen molar-refractivity contribution >= 4 is 5.97 Å². The molecule has 0 N–H and O–H groups in total. The van der Waals surface area contributed by atoms with E-state index in [1.54, 1.807) is 0 Å². The Morgan fingerprint density at radius 1 is 1.29 bits per heavy atom. The molecule has 1 atom stereocenters. The molecule has 14 heavy (non-hydrogen) atoms. The van der Waals surface area contributed by atoms with Gasteiger partial charge < -0.3 is 4.74 Å². The highest BCUT2D eigenvalue weighted by atomic mass is 16.5. The Morgan fingerprint density at radius 3 is 2.71 bits per heavy atom. The Morgan fingerprint density at radius 2 is 2.07 bits per heavy atom. The fourth-order valence-corrected chi connectivity index (χ4v) is 1.31. The molecule has 0 saturated carbocycles. The van der Waals surface area contributed by atoms with Crippen LogP contribution in [0.5, 0.6) is 0 Å². The van der Waals surface area contributed by atoms with Crippen molar-refractivity contribution in [2.24, 2.45) is 0 Å². The SMILES string of the molecule is O=C1CC[C@@H](C#Cc2ccccc2)O1. The van der Waals surface area contributed by atoms with Crippen LogP contribution in [0.3, 0.4) is 0 Å². The molecule has 70 valence electrons. The number of hydrogen-bond donors (Lipinski definition) is 0. The average molecular weight is 186 g/mol. The first-order valence-electron chi connectivity index (χ1n) is 4.61. The predicted molar refractivity (Wildman–Crippen MR) is 52.4 cm³/mol. The van der Waals surface area contributed by atoms with E-state index in [0.717, 1.165) is 12.0 Å². The molecule has 2 heteroatoms. The number of hydrogen-bond acceptors (Lipinski definition) is 2. The summed E-state index contributed by atoms with van der Waals surface area (Å²) in [6, 6.07) is 9.68. The summed E-state index contributed by atoms with van der Waals surface area (Å²) < 4.78 is 4.97. The zero-order valence-corrected chi connectivity index (χ0v) is 7.69. The number of carbonyl (C=O) groups excluding carboxylic acids is 1. The van der Waals surface area contributed by atoms with E-state index in [0.29, 0.717) is 6.42 Å². The molecule has 1 saturated heterocycles. The molecule has 1 aliphatic heterocycles. The number of ether oxygens (including phenoxy) is 1. The lowest BCUT2D eigenvalue weighted by Crippen LogP contribution is -2.02. The minimum absolute atomic E-state index is 0.141.